The lowest BCUT2D eigenvalue weighted by Crippen LogP contribution is -2.20. The summed E-state index contributed by atoms with van der Waals surface area (Å²) in [6, 6.07) is 16.8. The van der Waals surface area contributed by atoms with Crippen molar-refractivity contribution >= 4 is 34.0 Å². The van der Waals surface area contributed by atoms with Gasteiger partial charge in [0.2, 0.25) is 0 Å². The second kappa shape index (κ2) is 5.17. The molecule has 0 saturated heterocycles. The average Bonchev–Trinajstić information content (AvgIpc) is 2.45. The Kier molecular flexibility index (Phi) is 3.38. The molecule has 1 aliphatic heterocycles. The molecule has 1 N–H and O–H groups in total. The first-order valence-corrected chi connectivity index (χ1v) is 7.17. The first kappa shape index (κ1) is 12.4. The molecule has 0 saturated carbocycles. The second-order valence-electron chi connectivity index (χ2n) is 4.50. The van der Waals surface area contributed by atoms with Gasteiger partial charge in [-0.15, -0.1) is 0 Å². The molecule has 94 valence electrons. The van der Waals surface area contributed by atoms with Crippen LogP contribution in [0, 0.1) is 3.57 Å². The molecule has 0 radical (unpaired) electrons. The van der Waals surface area contributed by atoms with Crippen molar-refractivity contribution < 1.29 is 0 Å². The topological polar surface area (TPSA) is 24.4 Å². The van der Waals surface area contributed by atoms with E-state index in [1.165, 1.54) is 14.7 Å². The van der Waals surface area contributed by atoms with Crippen LogP contribution in [0.5, 0.6) is 0 Å². The Labute approximate surface area is 126 Å². The van der Waals surface area contributed by atoms with Crippen molar-refractivity contribution in [2.75, 3.05) is 0 Å². The van der Waals surface area contributed by atoms with Gasteiger partial charge in [-0.2, -0.15) is 5.10 Å². The molecule has 3 heteroatoms. The molecule has 1 heterocycles. The molecule has 0 fully saturated rings. The Bertz CT molecular complexity index is 657. The van der Waals surface area contributed by atoms with Crippen molar-refractivity contribution in [3.05, 3.63) is 75.4 Å². The van der Waals surface area contributed by atoms with Crippen molar-refractivity contribution in [3.63, 3.8) is 0 Å². The minimum Gasteiger partial charge on any atom is -0.278 e. The molecule has 2 aromatic rings. The number of nitrogens with one attached hydrogen (secondary N) is 1. The summed E-state index contributed by atoms with van der Waals surface area (Å²) in [4.78, 5) is 0. The van der Waals surface area contributed by atoms with Crippen LogP contribution in [0.25, 0.3) is 5.70 Å². The highest BCUT2D eigenvalue weighted by molar-refractivity contribution is 14.1. The third-order valence-electron chi connectivity index (χ3n) is 3.17. The van der Waals surface area contributed by atoms with E-state index in [1.54, 1.807) is 0 Å². The molecule has 0 spiro atoms. The summed E-state index contributed by atoms with van der Waals surface area (Å²) in [6.07, 6.45) is 0.828. The molecule has 0 atom stereocenters. The predicted molar refractivity (Wildman–Crippen MR) is 88.0 cm³/mol. The number of nitrogens with zero attached hydrogens (tertiary/aromatic N) is 1. The Morgan fingerprint density at radius 1 is 1.00 bits per heavy atom. The van der Waals surface area contributed by atoms with Gasteiger partial charge in [-0.1, -0.05) is 43.0 Å². The SMILES string of the molecule is C=C1NN=C(Cc2ccc(I)cc2)c2ccccc21. The van der Waals surface area contributed by atoms with Gasteiger partial charge < -0.3 is 0 Å². The largest absolute Gasteiger partial charge is 0.278 e. The lowest BCUT2D eigenvalue weighted by atomic mass is 9.95. The number of rotatable bonds is 2. The van der Waals surface area contributed by atoms with Gasteiger partial charge in [0.1, 0.15) is 0 Å². The van der Waals surface area contributed by atoms with E-state index in [0.717, 1.165) is 23.4 Å². The van der Waals surface area contributed by atoms with Crippen LogP contribution in [-0.2, 0) is 6.42 Å². The maximum Gasteiger partial charge on any atom is 0.0729 e. The Morgan fingerprint density at radius 2 is 1.68 bits per heavy atom. The van der Waals surface area contributed by atoms with Crippen LogP contribution < -0.4 is 5.43 Å². The normalized spacial score (nSPS) is 13.5. The van der Waals surface area contributed by atoms with Crippen LogP contribution >= 0.6 is 22.6 Å². The quantitative estimate of drug-likeness (QED) is 0.810. The van der Waals surface area contributed by atoms with E-state index in [2.05, 4.69) is 76.1 Å². The van der Waals surface area contributed by atoms with Crippen molar-refractivity contribution in [1.82, 2.24) is 5.43 Å². The smallest absolute Gasteiger partial charge is 0.0729 e. The summed E-state index contributed by atoms with van der Waals surface area (Å²) in [5.41, 5.74) is 8.51. The molecule has 0 bridgehead atoms. The monoisotopic (exact) mass is 360 g/mol. The number of fused-ring (bicyclic) bond motifs is 1. The van der Waals surface area contributed by atoms with Crippen LogP contribution in [-0.4, -0.2) is 5.71 Å². The molecule has 2 nitrogen and oxygen atoms in total. The minimum absolute atomic E-state index is 0.828. The number of benzene rings is 2. The maximum absolute atomic E-state index is 4.43. The summed E-state index contributed by atoms with van der Waals surface area (Å²) < 4.78 is 1.25. The molecule has 3 rings (SSSR count). The van der Waals surface area contributed by atoms with Crippen LogP contribution in [0.2, 0.25) is 0 Å². The molecular weight excluding hydrogens is 347 g/mol. The lowest BCUT2D eigenvalue weighted by molar-refractivity contribution is 0.965. The van der Waals surface area contributed by atoms with Gasteiger partial charge in [0.15, 0.2) is 0 Å². The highest BCUT2D eigenvalue weighted by atomic mass is 127. The average molecular weight is 360 g/mol. The summed E-state index contributed by atoms with van der Waals surface area (Å²) in [5.74, 6) is 0. The molecule has 19 heavy (non-hydrogen) atoms. The van der Waals surface area contributed by atoms with Crippen LogP contribution in [0.4, 0.5) is 0 Å². The summed E-state index contributed by atoms with van der Waals surface area (Å²) in [6.45, 7) is 3.99. The molecule has 0 unspecified atom stereocenters. The minimum atomic E-state index is 0.828. The lowest BCUT2D eigenvalue weighted by Gasteiger charge is -2.19. The van der Waals surface area contributed by atoms with Gasteiger partial charge in [0.25, 0.3) is 0 Å². The highest BCUT2D eigenvalue weighted by Crippen LogP contribution is 2.22. The fourth-order valence-corrected chi connectivity index (χ4v) is 2.54. The predicted octanol–water partition coefficient (Wildman–Crippen LogP) is 3.81. The molecule has 0 amide bonds. The van der Waals surface area contributed by atoms with E-state index in [9.17, 15) is 0 Å². The van der Waals surface area contributed by atoms with Crippen LogP contribution in [0.15, 0.2) is 60.2 Å². The van der Waals surface area contributed by atoms with Crippen molar-refractivity contribution in [2.45, 2.75) is 6.42 Å². The Balaban J connectivity index is 1.94. The zero-order chi connectivity index (χ0) is 13.2. The van der Waals surface area contributed by atoms with Crippen LogP contribution in [0.1, 0.15) is 16.7 Å². The summed E-state index contributed by atoms with van der Waals surface area (Å²) >= 11 is 2.32. The summed E-state index contributed by atoms with van der Waals surface area (Å²) in [7, 11) is 0. The highest BCUT2D eigenvalue weighted by Gasteiger charge is 2.16. The first-order chi connectivity index (χ1) is 9.24. The molecule has 0 aromatic heterocycles. The molecule has 0 aliphatic carbocycles. The Morgan fingerprint density at radius 3 is 2.42 bits per heavy atom. The van der Waals surface area contributed by atoms with Gasteiger partial charge in [-0.3, -0.25) is 5.43 Å². The molecular formula is C16H13IN2. The molecule has 2 aromatic carbocycles. The van der Waals surface area contributed by atoms with Gasteiger partial charge in [-0.25, -0.2) is 0 Å². The third kappa shape index (κ3) is 2.56. The third-order valence-corrected chi connectivity index (χ3v) is 3.89. The van der Waals surface area contributed by atoms with E-state index in [0.29, 0.717) is 0 Å². The van der Waals surface area contributed by atoms with Gasteiger partial charge >= 0.3 is 0 Å². The second-order valence-corrected chi connectivity index (χ2v) is 5.74. The summed E-state index contributed by atoms with van der Waals surface area (Å²) in [5, 5.41) is 4.43. The van der Waals surface area contributed by atoms with E-state index >= 15 is 0 Å². The van der Waals surface area contributed by atoms with E-state index in [1.807, 2.05) is 12.1 Å². The standard InChI is InChI=1S/C16H13IN2/c1-11-14-4-2-3-5-15(14)16(19-18-11)10-12-6-8-13(17)9-7-12/h2-9,18H,1,10H2. The van der Waals surface area contributed by atoms with Gasteiger partial charge in [0, 0.05) is 21.1 Å². The fraction of sp³-hybridized carbons (Fsp3) is 0.0625. The number of hydrogen-bond acceptors (Lipinski definition) is 2. The van der Waals surface area contributed by atoms with Crippen molar-refractivity contribution in [3.8, 4) is 0 Å². The maximum atomic E-state index is 4.43. The number of hydrazone groups is 1. The zero-order valence-electron chi connectivity index (χ0n) is 10.4. The van der Waals surface area contributed by atoms with E-state index < -0.39 is 0 Å². The zero-order valence-corrected chi connectivity index (χ0v) is 12.5. The van der Waals surface area contributed by atoms with E-state index in [-0.39, 0.29) is 0 Å². The van der Waals surface area contributed by atoms with Gasteiger partial charge in [-0.05, 0) is 40.3 Å². The van der Waals surface area contributed by atoms with Crippen molar-refractivity contribution in [1.29, 1.82) is 0 Å². The first-order valence-electron chi connectivity index (χ1n) is 6.10. The Hall–Kier alpha value is -1.62. The molecule has 1 aliphatic rings. The van der Waals surface area contributed by atoms with Crippen LogP contribution in [0.3, 0.4) is 0 Å². The van der Waals surface area contributed by atoms with E-state index in [4.69, 9.17) is 0 Å². The number of halogens is 1. The fourth-order valence-electron chi connectivity index (χ4n) is 2.18. The van der Waals surface area contributed by atoms with Gasteiger partial charge in [0.05, 0.1) is 11.4 Å². The van der Waals surface area contributed by atoms with Crippen molar-refractivity contribution in [2.24, 2.45) is 5.10 Å². The number of hydrogen-bond donors (Lipinski definition) is 1.